The maximum Gasteiger partial charge on any atom is 0.435 e. The summed E-state index contributed by atoms with van der Waals surface area (Å²) in [6.07, 6.45) is -4.91. The molecule has 3 nitrogen and oxygen atoms in total. The Hall–Kier alpha value is -2.22. The number of halogens is 5. The molecule has 0 spiro atoms. The van der Waals surface area contributed by atoms with Crippen LogP contribution in [0.25, 0.3) is 10.8 Å². The number of fused-ring (bicyclic) bond motifs is 1. The summed E-state index contributed by atoms with van der Waals surface area (Å²) in [7, 11) is 0. The lowest BCUT2D eigenvalue weighted by Gasteiger charge is -2.37. The summed E-state index contributed by atoms with van der Waals surface area (Å²) in [5.74, 6) is 1.91. The molecule has 2 aliphatic heterocycles. The van der Waals surface area contributed by atoms with Crippen molar-refractivity contribution in [2.45, 2.75) is 31.5 Å². The monoisotopic (exact) mass is 537 g/mol. The van der Waals surface area contributed by atoms with Gasteiger partial charge in [-0.1, -0.05) is 71.7 Å². The number of benzene rings is 3. The van der Waals surface area contributed by atoms with Crippen molar-refractivity contribution in [2.75, 3.05) is 11.5 Å². The van der Waals surface area contributed by atoms with Crippen molar-refractivity contribution >= 4 is 57.2 Å². The molecular formula is C26H20Cl2F3NO2S. The molecule has 1 fully saturated rings. The predicted molar refractivity (Wildman–Crippen MR) is 135 cm³/mol. The predicted octanol–water partition coefficient (Wildman–Crippen LogP) is 8.05. The second-order valence-corrected chi connectivity index (χ2v) is 11.3. The van der Waals surface area contributed by atoms with E-state index in [4.69, 9.17) is 28.0 Å². The van der Waals surface area contributed by atoms with E-state index in [-0.39, 0.29) is 32.5 Å². The number of hydrogen-bond acceptors (Lipinski definition) is 4. The summed E-state index contributed by atoms with van der Waals surface area (Å²) in [6.45, 7) is 2.10. The molecule has 0 amide bonds. The Labute approximate surface area is 214 Å². The maximum absolute atomic E-state index is 14.4. The fourth-order valence-corrected chi connectivity index (χ4v) is 6.30. The molecule has 0 N–H and O–H groups in total. The summed E-state index contributed by atoms with van der Waals surface area (Å²) in [4.78, 5) is 18.3. The van der Waals surface area contributed by atoms with E-state index in [9.17, 15) is 18.0 Å². The number of rotatable bonds is 5. The van der Waals surface area contributed by atoms with Crippen LogP contribution in [0.2, 0.25) is 10.0 Å². The van der Waals surface area contributed by atoms with Gasteiger partial charge in [-0.05, 0) is 45.9 Å². The number of nitrogens with zero attached hydrogens (tertiary/aromatic N) is 1. The van der Waals surface area contributed by atoms with Crippen molar-refractivity contribution in [1.82, 2.24) is 0 Å². The molecule has 35 heavy (non-hydrogen) atoms. The number of alkyl halides is 3. The van der Waals surface area contributed by atoms with E-state index in [1.54, 1.807) is 24.3 Å². The molecular weight excluding hydrogens is 518 g/mol. The summed E-state index contributed by atoms with van der Waals surface area (Å²) in [6, 6.07) is 14.3. The number of thioether (sulfide) groups is 1. The lowest BCUT2D eigenvalue weighted by Crippen LogP contribution is -2.42. The van der Waals surface area contributed by atoms with Crippen molar-refractivity contribution in [3.8, 4) is 0 Å². The second-order valence-electron chi connectivity index (χ2n) is 9.40. The molecule has 9 heteroatoms. The Bertz CT molecular complexity index is 1350. The van der Waals surface area contributed by atoms with Crippen molar-refractivity contribution in [3.63, 3.8) is 0 Å². The number of Topliss-reactive ketones (excluding diaryl/α,β-unsaturated/α-hetero) is 1. The Balaban J connectivity index is 1.54. The van der Waals surface area contributed by atoms with Crippen LogP contribution in [-0.4, -0.2) is 29.2 Å². The maximum atomic E-state index is 14.4. The van der Waals surface area contributed by atoms with Crippen LogP contribution in [0.3, 0.4) is 0 Å². The van der Waals surface area contributed by atoms with Crippen LogP contribution in [-0.2, 0) is 10.4 Å². The standard InChI is InChI=1S/C26H20Cl2F3NO2S/c1-24(13-35-14-24)12-23(33)21-7-6-20(18-4-2-3-5-19(18)21)22-11-25(34-32-22,26(29,30)31)15-8-16(27)10-17(28)9-15/h2-10H,11-14H2,1H3. The minimum absolute atomic E-state index is 0.0184. The first-order valence-corrected chi connectivity index (χ1v) is 12.8. The van der Waals surface area contributed by atoms with E-state index < -0.39 is 18.2 Å². The van der Waals surface area contributed by atoms with E-state index in [1.165, 1.54) is 18.2 Å². The molecule has 1 saturated heterocycles. The van der Waals surface area contributed by atoms with E-state index in [0.29, 0.717) is 28.3 Å². The number of carbonyl (C=O) groups excluding carboxylic acids is 1. The first-order chi connectivity index (χ1) is 16.5. The van der Waals surface area contributed by atoms with Gasteiger partial charge in [0.05, 0.1) is 5.71 Å². The summed E-state index contributed by atoms with van der Waals surface area (Å²) in [5, 5.41) is 5.36. The van der Waals surface area contributed by atoms with Crippen molar-refractivity contribution in [1.29, 1.82) is 0 Å². The Morgan fingerprint density at radius 2 is 1.71 bits per heavy atom. The average Bonchev–Trinajstić information content (AvgIpc) is 3.23. The summed E-state index contributed by atoms with van der Waals surface area (Å²) in [5.41, 5.74) is -1.77. The topological polar surface area (TPSA) is 38.7 Å². The van der Waals surface area contributed by atoms with Gasteiger partial charge >= 0.3 is 6.18 Å². The molecule has 0 radical (unpaired) electrons. The highest BCUT2D eigenvalue weighted by Crippen LogP contribution is 2.50. The zero-order valence-corrected chi connectivity index (χ0v) is 20.9. The molecule has 0 bridgehead atoms. The van der Waals surface area contributed by atoms with Crippen LogP contribution in [0.4, 0.5) is 13.2 Å². The highest BCUT2D eigenvalue weighted by Gasteiger charge is 2.62. The first-order valence-electron chi connectivity index (χ1n) is 10.9. The van der Waals surface area contributed by atoms with E-state index in [0.717, 1.165) is 11.5 Å². The van der Waals surface area contributed by atoms with Gasteiger partial charge in [-0.15, -0.1) is 0 Å². The Morgan fingerprint density at radius 3 is 2.31 bits per heavy atom. The Morgan fingerprint density at radius 1 is 1.06 bits per heavy atom. The lowest BCUT2D eigenvalue weighted by atomic mass is 9.83. The summed E-state index contributed by atoms with van der Waals surface area (Å²) < 4.78 is 43.2. The third kappa shape index (κ3) is 4.32. The highest BCUT2D eigenvalue weighted by molar-refractivity contribution is 8.00. The minimum atomic E-state index is -4.78. The van der Waals surface area contributed by atoms with Gasteiger partial charge in [0.2, 0.25) is 0 Å². The fourth-order valence-electron chi connectivity index (χ4n) is 4.66. The third-order valence-electron chi connectivity index (χ3n) is 6.54. The van der Waals surface area contributed by atoms with Crippen molar-refractivity contribution in [2.24, 2.45) is 10.6 Å². The largest absolute Gasteiger partial charge is 0.435 e. The molecule has 0 aromatic heterocycles. The van der Waals surface area contributed by atoms with Gasteiger partial charge in [-0.25, -0.2) is 0 Å². The smallest absolute Gasteiger partial charge is 0.374 e. The number of ketones is 1. The van der Waals surface area contributed by atoms with Gasteiger partial charge in [-0.2, -0.15) is 24.9 Å². The van der Waals surface area contributed by atoms with Crippen LogP contribution in [0.1, 0.15) is 41.3 Å². The molecule has 1 atom stereocenters. The van der Waals surface area contributed by atoms with Crippen LogP contribution in [0.5, 0.6) is 0 Å². The van der Waals surface area contributed by atoms with Gasteiger partial charge in [-0.3, -0.25) is 4.79 Å². The second kappa shape index (κ2) is 8.71. The zero-order chi connectivity index (χ0) is 25.0. The van der Waals surface area contributed by atoms with E-state index in [1.807, 2.05) is 23.9 Å². The van der Waals surface area contributed by atoms with Crippen LogP contribution < -0.4 is 0 Å². The van der Waals surface area contributed by atoms with Crippen LogP contribution in [0, 0.1) is 5.41 Å². The molecule has 3 aromatic rings. The normalized spacial score (nSPS) is 21.4. The minimum Gasteiger partial charge on any atom is -0.374 e. The highest BCUT2D eigenvalue weighted by atomic mass is 35.5. The molecule has 2 heterocycles. The molecule has 0 saturated carbocycles. The number of oxime groups is 1. The van der Waals surface area contributed by atoms with Gasteiger partial charge in [0.25, 0.3) is 5.60 Å². The first kappa shape index (κ1) is 24.5. The zero-order valence-electron chi connectivity index (χ0n) is 18.6. The van der Waals surface area contributed by atoms with E-state index in [2.05, 4.69) is 12.1 Å². The SMILES string of the molecule is CC1(CC(=O)c2ccc(C3=NOC(c4cc(Cl)cc(Cl)c4)(C(F)(F)F)C3)c3ccccc23)CSC1. The fraction of sp³-hybridized carbons (Fsp3) is 0.308. The Kier molecular flexibility index (Phi) is 6.09. The van der Waals surface area contributed by atoms with Crippen molar-refractivity contribution < 1.29 is 22.8 Å². The number of hydrogen-bond donors (Lipinski definition) is 0. The number of carbonyl (C=O) groups is 1. The van der Waals surface area contributed by atoms with Crippen LogP contribution >= 0.6 is 35.0 Å². The molecule has 2 aliphatic rings. The third-order valence-corrected chi connectivity index (χ3v) is 8.78. The van der Waals surface area contributed by atoms with Crippen molar-refractivity contribution in [3.05, 3.63) is 81.3 Å². The molecule has 0 aliphatic carbocycles. The van der Waals surface area contributed by atoms with Crippen LogP contribution in [0.15, 0.2) is 59.8 Å². The van der Waals surface area contributed by atoms with Gasteiger partial charge in [0.15, 0.2) is 5.78 Å². The van der Waals surface area contributed by atoms with E-state index >= 15 is 0 Å². The van der Waals surface area contributed by atoms with Gasteiger partial charge in [0.1, 0.15) is 0 Å². The summed E-state index contributed by atoms with van der Waals surface area (Å²) >= 11 is 13.8. The van der Waals surface area contributed by atoms with Gasteiger partial charge < -0.3 is 4.84 Å². The molecule has 1 unspecified atom stereocenters. The van der Waals surface area contributed by atoms with Gasteiger partial charge in [0, 0.05) is 39.6 Å². The molecule has 3 aromatic carbocycles. The molecule has 182 valence electrons. The average molecular weight is 538 g/mol. The molecule has 5 rings (SSSR count). The quantitative estimate of drug-likeness (QED) is 0.309. The lowest BCUT2D eigenvalue weighted by molar-refractivity contribution is -0.275.